The van der Waals surface area contributed by atoms with Gasteiger partial charge in [0.25, 0.3) is 0 Å². The summed E-state index contributed by atoms with van der Waals surface area (Å²) in [5, 5.41) is 0. The van der Waals surface area contributed by atoms with Gasteiger partial charge in [0, 0.05) is 13.1 Å². The molecule has 0 aliphatic carbocycles. The van der Waals surface area contributed by atoms with Crippen molar-refractivity contribution in [1.29, 1.82) is 0 Å². The minimum atomic E-state index is 0.986. The van der Waals surface area contributed by atoms with Gasteiger partial charge in [-0.2, -0.15) is 0 Å². The molecular formula is C11H13NS. The van der Waals surface area contributed by atoms with Gasteiger partial charge >= 0.3 is 0 Å². The summed E-state index contributed by atoms with van der Waals surface area (Å²) in [6.45, 7) is 2.12. The Kier molecular flexibility index (Phi) is 2.60. The first-order valence-electron chi connectivity index (χ1n) is 4.68. The molecular weight excluding hydrogens is 178 g/mol. The van der Waals surface area contributed by atoms with Gasteiger partial charge in [-0.15, -0.1) is 0 Å². The molecule has 0 spiro atoms. The standard InChI is InChI=1S/C11H13NS/c13-11-7-4-8-12(11)9-10-5-2-1-3-6-10/h1-3,5-6H,4,7-9H2. The minimum absolute atomic E-state index is 0.986. The SMILES string of the molecule is S=C1CCCN1Cc1ccccc1. The number of thiocarbonyl (C=S) groups is 1. The maximum Gasteiger partial charge on any atom is 0.0782 e. The second-order valence-electron chi connectivity index (χ2n) is 3.40. The van der Waals surface area contributed by atoms with E-state index in [1.54, 1.807) is 0 Å². The number of likely N-dealkylation sites (tertiary alicyclic amines) is 1. The van der Waals surface area contributed by atoms with Crippen molar-refractivity contribution < 1.29 is 0 Å². The fraction of sp³-hybridized carbons (Fsp3) is 0.364. The highest BCUT2D eigenvalue weighted by atomic mass is 32.1. The van der Waals surface area contributed by atoms with E-state index < -0.39 is 0 Å². The lowest BCUT2D eigenvalue weighted by molar-refractivity contribution is 0.454. The van der Waals surface area contributed by atoms with Gasteiger partial charge in [0.1, 0.15) is 0 Å². The second kappa shape index (κ2) is 3.88. The van der Waals surface area contributed by atoms with Gasteiger partial charge in [-0.1, -0.05) is 42.5 Å². The first kappa shape index (κ1) is 8.70. The Morgan fingerprint density at radius 2 is 2.00 bits per heavy atom. The monoisotopic (exact) mass is 191 g/mol. The summed E-state index contributed by atoms with van der Waals surface area (Å²) in [7, 11) is 0. The quantitative estimate of drug-likeness (QED) is 0.661. The Labute approximate surface area is 84.4 Å². The highest BCUT2D eigenvalue weighted by Gasteiger charge is 2.15. The van der Waals surface area contributed by atoms with Gasteiger partial charge in [0.05, 0.1) is 4.99 Å². The number of nitrogens with zero attached hydrogens (tertiary/aromatic N) is 1. The van der Waals surface area contributed by atoms with Crippen LogP contribution in [0, 0.1) is 0 Å². The average Bonchev–Trinajstić information content (AvgIpc) is 2.54. The molecule has 1 saturated heterocycles. The van der Waals surface area contributed by atoms with Crippen molar-refractivity contribution in [2.24, 2.45) is 0 Å². The molecule has 1 aromatic carbocycles. The zero-order valence-electron chi connectivity index (χ0n) is 7.57. The highest BCUT2D eigenvalue weighted by Crippen LogP contribution is 2.15. The Hall–Kier alpha value is -0.890. The number of rotatable bonds is 2. The Balaban J connectivity index is 2.02. The smallest absolute Gasteiger partial charge is 0.0782 e. The molecule has 0 amide bonds. The summed E-state index contributed by atoms with van der Waals surface area (Å²) < 4.78 is 0. The molecule has 0 radical (unpaired) electrons. The van der Waals surface area contributed by atoms with E-state index in [-0.39, 0.29) is 0 Å². The summed E-state index contributed by atoms with van der Waals surface area (Å²) in [5.41, 5.74) is 1.35. The zero-order chi connectivity index (χ0) is 9.10. The van der Waals surface area contributed by atoms with E-state index in [1.165, 1.54) is 12.0 Å². The van der Waals surface area contributed by atoms with E-state index in [0.29, 0.717) is 0 Å². The normalized spacial score (nSPS) is 16.6. The maximum absolute atomic E-state index is 5.27. The van der Waals surface area contributed by atoms with Gasteiger partial charge in [0.15, 0.2) is 0 Å². The molecule has 0 atom stereocenters. The van der Waals surface area contributed by atoms with Crippen LogP contribution < -0.4 is 0 Å². The van der Waals surface area contributed by atoms with Crippen LogP contribution in [-0.2, 0) is 6.54 Å². The first-order chi connectivity index (χ1) is 6.36. The predicted octanol–water partition coefficient (Wildman–Crippen LogP) is 2.61. The summed E-state index contributed by atoms with van der Waals surface area (Å²) in [6.07, 6.45) is 2.33. The van der Waals surface area contributed by atoms with E-state index in [2.05, 4.69) is 29.2 Å². The fourth-order valence-electron chi connectivity index (χ4n) is 1.67. The van der Waals surface area contributed by atoms with Crippen LogP contribution in [0.25, 0.3) is 0 Å². The molecule has 0 N–H and O–H groups in total. The van der Waals surface area contributed by atoms with Crippen molar-refractivity contribution in [2.45, 2.75) is 19.4 Å². The second-order valence-corrected chi connectivity index (χ2v) is 3.88. The zero-order valence-corrected chi connectivity index (χ0v) is 8.39. The van der Waals surface area contributed by atoms with Gasteiger partial charge < -0.3 is 4.90 Å². The maximum atomic E-state index is 5.27. The average molecular weight is 191 g/mol. The van der Waals surface area contributed by atoms with Crippen LogP contribution in [0.5, 0.6) is 0 Å². The number of hydrogen-bond acceptors (Lipinski definition) is 1. The van der Waals surface area contributed by atoms with E-state index in [4.69, 9.17) is 12.2 Å². The highest BCUT2D eigenvalue weighted by molar-refractivity contribution is 7.80. The third-order valence-electron chi connectivity index (χ3n) is 2.39. The number of hydrogen-bond donors (Lipinski definition) is 0. The molecule has 1 nitrogen and oxygen atoms in total. The molecule has 1 aliphatic rings. The Morgan fingerprint density at radius 3 is 2.62 bits per heavy atom. The van der Waals surface area contributed by atoms with Crippen molar-refractivity contribution in [3.8, 4) is 0 Å². The number of benzene rings is 1. The van der Waals surface area contributed by atoms with Crippen molar-refractivity contribution in [3.63, 3.8) is 0 Å². The molecule has 1 fully saturated rings. The van der Waals surface area contributed by atoms with Crippen molar-refractivity contribution in [1.82, 2.24) is 4.90 Å². The molecule has 0 aromatic heterocycles. The molecule has 1 aromatic rings. The van der Waals surface area contributed by atoms with E-state index in [1.807, 2.05) is 6.07 Å². The van der Waals surface area contributed by atoms with Crippen LogP contribution in [-0.4, -0.2) is 16.4 Å². The summed E-state index contributed by atoms with van der Waals surface area (Å²) in [5.74, 6) is 0. The lowest BCUT2D eigenvalue weighted by Gasteiger charge is -2.17. The minimum Gasteiger partial charge on any atom is -0.362 e. The lowest BCUT2D eigenvalue weighted by atomic mass is 10.2. The van der Waals surface area contributed by atoms with Crippen LogP contribution in [0.15, 0.2) is 30.3 Å². The topological polar surface area (TPSA) is 3.24 Å². The van der Waals surface area contributed by atoms with E-state index >= 15 is 0 Å². The van der Waals surface area contributed by atoms with Crippen LogP contribution in [0.3, 0.4) is 0 Å². The van der Waals surface area contributed by atoms with Crippen LogP contribution >= 0.6 is 12.2 Å². The molecule has 1 aliphatic heterocycles. The molecule has 2 heteroatoms. The van der Waals surface area contributed by atoms with Crippen LogP contribution in [0.1, 0.15) is 18.4 Å². The fourth-order valence-corrected chi connectivity index (χ4v) is 1.98. The van der Waals surface area contributed by atoms with E-state index in [9.17, 15) is 0 Å². The molecule has 68 valence electrons. The van der Waals surface area contributed by atoms with Crippen LogP contribution in [0.2, 0.25) is 0 Å². The van der Waals surface area contributed by atoms with Crippen molar-refractivity contribution in [3.05, 3.63) is 35.9 Å². The molecule has 0 unspecified atom stereocenters. The Morgan fingerprint density at radius 1 is 1.23 bits per heavy atom. The summed E-state index contributed by atoms with van der Waals surface area (Å²) >= 11 is 5.27. The summed E-state index contributed by atoms with van der Waals surface area (Å²) in [6, 6.07) is 10.5. The predicted molar refractivity (Wildman–Crippen MR) is 58.7 cm³/mol. The van der Waals surface area contributed by atoms with Gasteiger partial charge in [-0.3, -0.25) is 0 Å². The molecule has 0 bridgehead atoms. The van der Waals surface area contributed by atoms with Crippen molar-refractivity contribution >= 4 is 17.2 Å². The Bertz CT molecular complexity index is 294. The molecule has 13 heavy (non-hydrogen) atoms. The molecule has 0 saturated carbocycles. The third-order valence-corrected chi connectivity index (χ3v) is 2.85. The molecule has 1 heterocycles. The van der Waals surface area contributed by atoms with Crippen LogP contribution in [0.4, 0.5) is 0 Å². The van der Waals surface area contributed by atoms with Gasteiger partial charge in [-0.25, -0.2) is 0 Å². The summed E-state index contributed by atoms with van der Waals surface area (Å²) in [4.78, 5) is 3.42. The van der Waals surface area contributed by atoms with Crippen molar-refractivity contribution in [2.75, 3.05) is 6.54 Å². The van der Waals surface area contributed by atoms with E-state index in [0.717, 1.165) is 24.5 Å². The largest absolute Gasteiger partial charge is 0.362 e. The van der Waals surface area contributed by atoms with Gasteiger partial charge in [-0.05, 0) is 18.4 Å². The first-order valence-corrected chi connectivity index (χ1v) is 5.09. The van der Waals surface area contributed by atoms with Gasteiger partial charge in [0.2, 0.25) is 0 Å². The lowest BCUT2D eigenvalue weighted by Crippen LogP contribution is -2.22. The molecule has 2 rings (SSSR count). The third kappa shape index (κ3) is 2.07.